The van der Waals surface area contributed by atoms with Gasteiger partial charge in [-0.3, -0.25) is 0 Å². The second kappa shape index (κ2) is 5.09. The zero-order valence-corrected chi connectivity index (χ0v) is 14.6. The zero-order chi connectivity index (χ0) is 16.4. The van der Waals surface area contributed by atoms with Crippen molar-refractivity contribution in [3.8, 4) is 0 Å². The summed E-state index contributed by atoms with van der Waals surface area (Å²) in [5, 5.41) is 3.70. The van der Waals surface area contributed by atoms with Crippen molar-refractivity contribution < 1.29 is 4.74 Å². The van der Waals surface area contributed by atoms with Crippen molar-refractivity contribution in [1.82, 2.24) is 4.98 Å². The number of nitrogens with zero attached hydrogens (tertiary/aromatic N) is 2. The Morgan fingerprint density at radius 2 is 2.04 bits per heavy atom. The number of pyridine rings is 1. The second-order valence-corrected chi connectivity index (χ2v) is 8.67. The number of nitrogens with one attached hydrogen (secondary N) is 1. The van der Waals surface area contributed by atoms with Gasteiger partial charge in [0.1, 0.15) is 5.82 Å². The Bertz CT molecular complexity index is 643. The van der Waals surface area contributed by atoms with E-state index in [0.29, 0.717) is 17.5 Å². The highest BCUT2D eigenvalue weighted by atomic mass is 16.5. The quantitative estimate of drug-likeness (QED) is 0.892. The topological polar surface area (TPSA) is 63.4 Å². The van der Waals surface area contributed by atoms with Crippen LogP contribution in [0.4, 0.5) is 11.5 Å². The SMILES string of the molecule is Cc1nc(N2CCOC3(CC3)C2)ccc1NC1CC2(CC(N)C2)C1. The summed E-state index contributed by atoms with van der Waals surface area (Å²) in [5.41, 5.74) is 8.97. The maximum Gasteiger partial charge on any atom is 0.129 e. The summed E-state index contributed by atoms with van der Waals surface area (Å²) in [6.45, 7) is 4.89. The predicted octanol–water partition coefficient (Wildman–Crippen LogP) is 2.44. The van der Waals surface area contributed by atoms with Crippen LogP contribution in [0.1, 0.15) is 44.2 Å². The molecule has 5 heteroatoms. The lowest BCUT2D eigenvalue weighted by atomic mass is 9.52. The molecule has 130 valence electrons. The fraction of sp³-hybridized carbons (Fsp3) is 0.737. The summed E-state index contributed by atoms with van der Waals surface area (Å²) in [4.78, 5) is 7.26. The first-order valence-electron chi connectivity index (χ1n) is 9.44. The monoisotopic (exact) mass is 328 g/mol. The largest absolute Gasteiger partial charge is 0.381 e. The second-order valence-electron chi connectivity index (χ2n) is 8.67. The van der Waals surface area contributed by atoms with Gasteiger partial charge in [-0.15, -0.1) is 0 Å². The summed E-state index contributed by atoms with van der Waals surface area (Å²) in [6, 6.07) is 5.44. The molecule has 3 N–H and O–H groups in total. The Morgan fingerprint density at radius 1 is 1.25 bits per heavy atom. The van der Waals surface area contributed by atoms with Crippen molar-refractivity contribution in [2.24, 2.45) is 11.1 Å². The molecule has 2 spiro atoms. The predicted molar refractivity (Wildman–Crippen MR) is 95.4 cm³/mol. The molecule has 4 fully saturated rings. The molecular formula is C19H28N4O. The van der Waals surface area contributed by atoms with Gasteiger partial charge >= 0.3 is 0 Å². The van der Waals surface area contributed by atoms with Gasteiger partial charge in [-0.1, -0.05) is 0 Å². The maximum atomic E-state index is 5.95. The molecular weight excluding hydrogens is 300 g/mol. The number of rotatable bonds is 3. The van der Waals surface area contributed by atoms with Crippen molar-refractivity contribution in [3.63, 3.8) is 0 Å². The maximum absolute atomic E-state index is 5.95. The summed E-state index contributed by atoms with van der Waals surface area (Å²) in [7, 11) is 0. The van der Waals surface area contributed by atoms with Gasteiger partial charge in [-0.2, -0.15) is 0 Å². The van der Waals surface area contributed by atoms with Gasteiger partial charge in [0.2, 0.25) is 0 Å². The van der Waals surface area contributed by atoms with Gasteiger partial charge in [0.25, 0.3) is 0 Å². The average molecular weight is 328 g/mol. The number of ether oxygens (including phenoxy) is 1. The highest BCUT2D eigenvalue weighted by molar-refractivity contribution is 5.55. The molecule has 1 saturated heterocycles. The summed E-state index contributed by atoms with van der Waals surface area (Å²) in [6.07, 6.45) is 7.40. The fourth-order valence-electron chi connectivity index (χ4n) is 5.05. The zero-order valence-electron chi connectivity index (χ0n) is 14.6. The number of aryl methyl sites for hydroxylation is 1. The number of nitrogens with two attached hydrogens (primary N) is 1. The van der Waals surface area contributed by atoms with Crippen LogP contribution in [0.3, 0.4) is 0 Å². The van der Waals surface area contributed by atoms with Crippen LogP contribution in [-0.4, -0.2) is 42.4 Å². The third-order valence-corrected chi connectivity index (χ3v) is 6.56. The summed E-state index contributed by atoms with van der Waals surface area (Å²) in [5.74, 6) is 1.10. The molecule has 1 aliphatic heterocycles. The smallest absolute Gasteiger partial charge is 0.129 e. The van der Waals surface area contributed by atoms with Crippen LogP contribution >= 0.6 is 0 Å². The lowest BCUT2D eigenvalue weighted by Crippen LogP contribution is -2.57. The highest BCUT2D eigenvalue weighted by Crippen LogP contribution is 2.56. The van der Waals surface area contributed by atoms with Gasteiger partial charge in [-0.25, -0.2) is 4.98 Å². The Morgan fingerprint density at radius 3 is 2.71 bits per heavy atom. The van der Waals surface area contributed by atoms with E-state index in [1.54, 1.807) is 0 Å². The molecule has 24 heavy (non-hydrogen) atoms. The van der Waals surface area contributed by atoms with Crippen LogP contribution in [0, 0.1) is 12.3 Å². The van der Waals surface area contributed by atoms with Crippen LogP contribution in [-0.2, 0) is 4.74 Å². The first-order valence-corrected chi connectivity index (χ1v) is 9.44. The Balaban J connectivity index is 1.22. The van der Waals surface area contributed by atoms with Gasteiger partial charge < -0.3 is 20.7 Å². The molecule has 0 aromatic carbocycles. The van der Waals surface area contributed by atoms with E-state index in [-0.39, 0.29) is 5.60 Å². The minimum Gasteiger partial charge on any atom is -0.381 e. The first-order chi connectivity index (χ1) is 11.5. The molecule has 0 unspecified atom stereocenters. The molecule has 4 aliphatic rings. The number of hydrogen-bond acceptors (Lipinski definition) is 5. The summed E-state index contributed by atoms with van der Waals surface area (Å²) < 4.78 is 5.91. The van der Waals surface area contributed by atoms with Crippen molar-refractivity contribution in [1.29, 1.82) is 0 Å². The lowest BCUT2D eigenvalue weighted by molar-refractivity contribution is 0.00118. The van der Waals surface area contributed by atoms with Crippen molar-refractivity contribution in [2.45, 2.75) is 63.1 Å². The summed E-state index contributed by atoms with van der Waals surface area (Å²) >= 11 is 0. The minimum atomic E-state index is 0.147. The normalized spacial score (nSPS) is 36.3. The van der Waals surface area contributed by atoms with Gasteiger partial charge in [0.15, 0.2) is 0 Å². The van der Waals surface area contributed by atoms with Crippen LogP contribution < -0.4 is 16.0 Å². The van der Waals surface area contributed by atoms with Crippen molar-refractivity contribution >= 4 is 11.5 Å². The third-order valence-electron chi connectivity index (χ3n) is 6.56. The van der Waals surface area contributed by atoms with Gasteiger partial charge in [-0.05, 0) is 63.0 Å². The molecule has 1 aromatic heterocycles. The molecule has 1 aromatic rings. The van der Waals surface area contributed by atoms with E-state index in [9.17, 15) is 0 Å². The molecule has 5 rings (SSSR count). The first kappa shape index (κ1) is 15.0. The molecule has 3 saturated carbocycles. The van der Waals surface area contributed by atoms with E-state index in [1.165, 1.54) is 44.2 Å². The van der Waals surface area contributed by atoms with E-state index >= 15 is 0 Å². The van der Waals surface area contributed by atoms with Gasteiger partial charge in [0, 0.05) is 25.2 Å². The van der Waals surface area contributed by atoms with Crippen LogP contribution in [0.2, 0.25) is 0 Å². The van der Waals surface area contributed by atoms with E-state index in [1.807, 2.05) is 0 Å². The number of anilines is 2. The molecule has 2 heterocycles. The van der Waals surface area contributed by atoms with Crippen LogP contribution in [0.15, 0.2) is 12.1 Å². The number of hydrogen-bond donors (Lipinski definition) is 2. The molecule has 3 aliphatic carbocycles. The Labute approximate surface area is 144 Å². The van der Waals surface area contributed by atoms with E-state index in [2.05, 4.69) is 29.3 Å². The van der Waals surface area contributed by atoms with Crippen LogP contribution in [0.25, 0.3) is 0 Å². The minimum absolute atomic E-state index is 0.147. The van der Waals surface area contributed by atoms with E-state index in [0.717, 1.165) is 31.2 Å². The molecule has 5 nitrogen and oxygen atoms in total. The van der Waals surface area contributed by atoms with Gasteiger partial charge in [0.05, 0.1) is 23.6 Å². The average Bonchev–Trinajstić information content (AvgIpc) is 3.24. The number of aromatic nitrogens is 1. The highest BCUT2D eigenvalue weighted by Gasteiger charge is 2.51. The van der Waals surface area contributed by atoms with E-state index < -0.39 is 0 Å². The molecule has 0 bridgehead atoms. The Kier molecular flexibility index (Phi) is 3.17. The molecule has 0 amide bonds. The number of morpholine rings is 1. The fourth-order valence-corrected chi connectivity index (χ4v) is 5.05. The van der Waals surface area contributed by atoms with Crippen LogP contribution in [0.5, 0.6) is 0 Å². The third kappa shape index (κ3) is 2.49. The van der Waals surface area contributed by atoms with Crippen molar-refractivity contribution in [3.05, 3.63) is 17.8 Å². The molecule has 0 radical (unpaired) electrons. The van der Waals surface area contributed by atoms with E-state index in [4.69, 9.17) is 15.5 Å². The van der Waals surface area contributed by atoms with Crippen molar-refractivity contribution in [2.75, 3.05) is 29.9 Å². The molecule has 0 atom stereocenters. The lowest BCUT2D eigenvalue weighted by Gasteiger charge is -2.57. The Hall–Kier alpha value is -1.33. The standard InChI is InChI=1S/C19H28N4O/c1-13-16(22-15-10-18(11-15)8-14(20)9-18)2-3-17(21-13)23-6-7-24-19(12-23)4-5-19/h2-3,14-15,22H,4-12,20H2,1H3.